The minimum Gasteiger partial charge on any atom is -0.464 e. The molecule has 0 fully saturated rings. The molecule has 2 aromatic carbocycles. The van der Waals surface area contributed by atoms with E-state index in [9.17, 15) is 0 Å². The number of nitrogens with zero attached hydrogens (tertiary/aromatic N) is 5. The fourth-order valence-electron chi connectivity index (χ4n) is 4.32. The van der Waals surface area contributed by atoms with Gasteiger partial charge in [-0.2, -0.15) is 10.2 Å². The molecule has 0 aliphatic rings. The molecule has 0 bridgehead atoms. The Labute approximate surface area is 210 Å². The number of benzene rings is 2. The molecular formula is C29H30N6O. The van der Waals surface area contributed by atoms with Crippen molar-refractivity contribution in [2.24, 2.45) is 4.99 Å². The van der Waals surface area contributed by atoms with Crippen molar-refractivity contribution < 1.29 is 4.42 Å². The van der Waals surface area contributed by atoms with Gasteiger partial charge in [0.05, 0.1) is 37.2 Å². The van der Waals surface area contributed by atoms with E-state index in [4.69, 9.17) is 14.5 Å². The molecule has 7 heteroatoms. The van der Waals surface area contributed by atoms with Crippen LogP contribution in [0.4, 0.5) is 0 Å². The number of aryl methyl sites for hydroxylation is 2. The maximum Gasteiger partial charge on any atom is 0.136 e. The van der Waals surface area contributed by atoms with Gasteiger partial charge in [-0.25, -0.2) is 0 Å². The van der Waals surface area contributed by atoms with Crippen molar-refractivity contribution in [2.45, 2.75) is 39.9 Å². The summed E-state index contributed by atoms with van der Waals surface area (Å²) < 4.78 is 9.49. The van der Waals surface area contributed by atoms with E-state index in [2.05, 4.69) is 73.4 Å². The first-order chi connectivity index (χ1) is 17.6. The topological polar surface area (TPSA) is 73.2 Å². The Morgan fingerprint density at radius 1 is 1.11 bits per heavy atom. The highest BCUT2D eigenvalue weighted by molar-refractivity contribution is 6.00. The third-order valence-electron chi connectivity index (χ3n) is 6.26. The predicted molar refractivity (Wildman–Crippen MR) is 143 cm³/mol. The van der Waals surface area contributed by atoms with Crippen molar-refractivity contribution >= 4 is 16.8 Å². The van der Waals surface area contributed by atoms with Gasteiger partial charge in [-0.3, -0.25) is 14.4 Å². The zero-order valence-electron chi connectivity index (χ0n) is 20.7. The molecule has 0 saturated carbocycles. The molecule has 7 nitrogen and oxygen atoms in total. The number of aliphatic imine (C=N–C) groups is 1. The number of fused-ring (bicyclic) bond motifs is 1. The van der Waals surface area contributed by atoms with E-state index in [1.165, 1.54) is 16.7 Å². The standard InChI is InChI=1S/C29H30N6O/c1-4-27-26(29(30-5-2)31-17-25-16-28-24(11-14-36-28)15-21(25)3)20-35(33-27)19-23-9-7-22(8-10-23)18-34-13-6-12-32-34/h5-16,20H,2,4,17-19H2,1,3H3,(H,30,31). The zero-order valence-corrected chi connectivity index (χ0v) is 20.7. The number of aromatic nitrogens is 4. The average Bonchev–Trinajstić information content (AvgIpc) is 3.64. The minimum absolute atomic E-state index is 0.532. The molecule has 0 aliphatic heterocycles. The van der Waals surface area contributed by atoms with Crippen LogP contribution in [0.5, 0.6) is 0 Å². The lowest BCUT2D eigenvalue weighted by atomic mass is 10.1. The molecule has 182 valence electrons. The molecule has 0 radical (unpaired) electrons. The van der Waals surface area contributed by atoms with Crippen LogP contribution >= 0.6 is 0 Å². The Kier molecular flexibility index (Phi) is 6.80. The van der Waals surface area contributed by atoms with Gasteiger partial charge in [-0.1, -0.05) is 37.8 Å². The summed E-state index contributed by atoms with van der Waals surface area (Å²) in [6.07, 6.45) is 10.0. The van der Waals surface area contributed by atoms with Crippen LogP contribution in [-0.4, -0.2) is 25.4 Å². The summed E-state index contributed by atoms with van der Waals surface area (Å²) in [4.78, 5) is 4.91. The third kappa shape index (κ3) is 5.15. The molecule has 1 N–H and O–H groups in total. The number of nitrogens with one attached hydrogen (secondary N) is 1. The van der Waals surface area contributed by atoms with Crippen LogP contribution in [-0.2, 0) is 26.1 Å². The van der Waals surface area contributed by atoms with E-state index >= 15 is 0 Å². The van der Waals surface area contributed by atoms with Crippen molar-refractivity contribution in [3.63, 3.8) is 0 Å². The number of hydrogen-bond acceptors (Lipinski definition) is 4. The van der Waals surface area contributed by atoms with Gasteiger partial charge < -0.3 is 9.73 Å². The molecule has 36 heavy (non-hydrogen) atoms. The quantitative estimate of drug-likeness (QED) is 0.225. The second kappa shape index (κ2) is 10.5. The summed E-state index contributed by atoms with van der Waals surface area (Å²) in [7, 11) is 0. The Bertz CT molecular complexity index is 1490. The third-order valence-corrected chi connectivity index (χ3v) is 6.26. The molecule has 3 heterocycles. The van der Waals surface area contributed by atoms with Gasteiger partial charge in [-0.15, -0.1) is 0 Å². The molecule has 3 aromatic heterocycles. The van der Waals surface area contributed by atoms with Crippen LogP contribution in [0.2, 0.25) is 0 Å². The van der Waals surface area contributed by atoms with E-state index < -0.39 is 0 Å². The van der Waals surface area contributed by atoms with E-state index in [-0.39, 0.29) is 0 Å². The highest BCUT2D eigenvalue weighted by Crippen LogP contribution is 2.22. The first-order valence-electron chi connectivity index (χ1n) is 12.1. The average molecular weight is 479 g/mol. The van der Waals surface area contributed by atoms with E-state index in [1.54, 1.807) is 18.7 Å². The maximum absolute atomic E-state index is 5.58. The molecule has 0 atom stereocenters. The molecule has 0 saturated heterocycles. The van der Waals surface area contributed by atoms with Crippen LogP contribution in [0.3, 0.4) is 0 Å². The highest BCUT2D eigenvalue weighted by Gasteiger charge is 2.14. The Balaban J connectivity index is 1.35. The fourth-order valence-corrected chi connectivity index (χ4v) is 4.32. The van der Waals surface area contributed by atoms with Crippen molar-refractivity contribution in [3.8, 4) is 0 Å². The molecule has 0 aliphatic carbocycles. The summed E-state index contributed by atoms with van der Waals surface area (Å²) in [5.74, 6) is 0.765. The SMILES string of the molecule is C=CNC(=NCc1cc2occc2cc1C)c1cn(Cc2ccc(Cn3cccn3)cc2)nc1CC. The number of furan rings is 1. The van der Waals surface area contributed by atoms with Crippen molar-refractivity contribution in [1.29, 1.82) is 0 Å². The van der Waals surface area contributed by atoms with E-state index in [0.717, 1.165) is 46.6 Å². The minimum atomic E-state index is 0.532. The van der Waals surface area contributed by atoms with Gasteiger partial charge in [0.2, 0.25) is 0 Å². The van der Waals surface area contributed by atoms with Gasteiger partial charge in [0, 0.05) is 24.0 Å². The number of hydrogen-bond donors (Lipinski definition) is 1. The van der Waals surface area contributed by atoms with Gasteiger partial charge in [0.15, 0.2) is 0 Å². The number of amidine groups is 1. The first-order valence-corrected chi connectivity index (χ1v) is 12.1. The maximum atomic E-state index is 5.58. The first kappa shape index (κ1) is 23.4. The van der Waals surface area contributed by atoms with Crippen LogP contribution in [0, 0.1) is 6.92 Å². The van der Waals surface area contributed by atoms with Crippen molar-refractivity contribution in [3.05, 3.63) is 120 Å². The lowest BCUT2D eigenvalue weighted by Crippen LogP contribution is -2.19. The largest absolute Gasteiger partial charge is 0.464 e. The normalized spacial score (nSPS) is 11.8. The van der Waals surface area contributed by atoms with Gasteiger partial charge in [-0.05, 0) is 66.1 Å². The summed E-state index contributed by atoms with van der Waals surface area (Å²) in [5.41, 5.74) is 7.58. The van der Waals surface area contributed by atoms with Crippen molar-refractivity contribution in [1.82, 2.24) is 24.9 Å². The molecule has 5 rings (SSSR count). The lowest BCUT2D eigenvalue weighted by Gasteiger charge is -2.08. The van der Waals surface area contributed by atoms with Gasteiger partial charge >= 0.3 is 0 Å². The van der Waals surface area contributed by atoms with Crippen LogP contribution in [0.1, 0.15) is 40.4 Å². The summed E-state index contributed by atoms with van der Waals surface area (Å²) in [6, 6.07) is 16.7. The Morgan fingerprint density at radius 2 is 1.89 bits per heavy atom. The van der Waals surface area contributed by atoms with Crippen molar-refractivity contribution in [2.75, 3.05) is 0 Å². The molecular weight excluding hydrogens is 448 g/mol. The monoisotopic (exact) mass is 478 g/mol. The van der Waals surface area contributed by atoms with E-state index in [0.29, 0.717) is 13.1 Å². The molecule has 5 aromatic rings. The van der Waals surface area contributed by atoms with Crippen LogP contribution < -0.4 is 5.32 Å². The Hall–Kier alpha value is -4.39. The highest BCUT2D eigenvalue weighted by atomic mass is 16.3. The fraction of sp³-hybridized carbons (Fsp3) is 0.207. The molecule has 0 amide bonds. The number of rotatable bonds is 9. The van der Waals surface area contributed by atoms with Gasteiger partial charge in [0.1, 0.15) is 11.4 Å². The second-order valence-electron chi connectivity index (χ2n) is 8.81. The predicted octanol–water partition coefficient (Wildman–Crippen LogP) is 5.47. The van der Waals surface area contributed by atoms with Crippen LogP contribution in [0.25, 0.3) is 11.0 Å². The molecule has 0 unspecified atom stereocenters. The lowest BCUT2D eigenvalue weighted by molar-refractivity contribution is 0.615. The smallest absolute Gasteiger partial charge is 0.136 e. The summed E-state index contributed by atoms with van der Waals surface area (Å²) in [5, 5.41) is 13.5. The summed E-state index contributed by atoms with van der Waals surface area (Å²) in [6.45, 7) is 10.1. The van der Waals surface area contributed by atoms with E-state index in [1.807, 2.05) is 27.7 Å². The zero-order chi connectivity index (χ0) is 24.9. The summed E-state index contributed by atoms with van der Waals surface area (Å²) >= 11 is 0. The Morgan fingerprint density at radius 3 is 2.58 bits per heavy atom. The second-order valence-corrected chi connectivity index (χ2v) is 8.81. The molecule has 0 spiro atoms. The van der Waals surface area contributed by atoms with Gasteiger partial charge in [0.25, 0.3) is 0 Å². The van der Waals surface area contributed by atoms with Crippen LogP contribution in [0.15, 0.2) is 95.6 Å².